The van der Waals surface area contributed by atoms with Crippen molar-refractivity contribution in [3.05, 3.63) is 143 Å². The second kappa shape index (κ2) is 21.9. The Bertz CT molecular complexity index is 2630. The summed E-state index contributed by atoms with van der Waals surface area (Å²) in [5.41, 5.74) is 9.56. The van der Waals surface area contributed by atoms with Crippen LogP contribution in [0.25, 0.3) is 33.2 Å². The number of nitrogens with one attached hydrogen (secondary N) is 2. The third-order valence-corrected chi connectivity index (χ3v) is 11.6. The second-order valence-corrected chi connectivity index (χ2v) is 16.7. The Hall–Kier alpha value is -6.90. The van der Waals surface area contributed by atoms with E-state index in [-0.39, 0.29) is 12.2 Å². The number of fused-ring (bicyclic) bond motifs is 2. The maximum absolute atomic E-state index is 6.65. The van der Waals surface area contributed by atoms with Gasteiger partial charge < -0.3 is 29.9 Å². The standard InChI is InChI=1S/2C26H32N6O/c2*1-6-27-17-16-22(20-12-8-7-9-13-20)33-23-15-11-10-14-21(23)32-19(3)24-18(2)28-29-26(31(4)5)25(24)30-32/h2*7-15,22,27H,6,16-17H2,1-5H3/t2*22-/m10/s1. The highest BCUT2D eigenvalue weighted by atomic mass is 16.5. The van der Waals surface area contributed by atoms with Gasteiger partial charge >= 0.3 is 0 Å². The van der Waals surface area contributed by atoms with Crippen molar-refractivity contribution >= 4 is 33.4 Å². The van der Waals surface area contributed by atoms with Crippen molar-refractivity contribution < 1.29 is 9.47 Å². The molecule has 2 N–H and O–H groups in total. The van der Waals surface area contributed by atoms with Crippen molar-refractivity contribution in [3.8, 4) is 22.9 Å². The molecule has 0 aliphatic rings. The molecule has 4 heterocycles. The van der Waals surface area contributed by atoms with Crippen molar-refractivity contribution in [1.29, 1.82) is 0 Å². The average Bonchev–Trinajstić information content (AvgIpc) is 3.86. The van der Waals surface area contributed by atoms with Crippen molar-refractivity contribution in [2.24, 2.45) is 0 Å². The summed E-state index contributed by atoms with van der Waals surface area (Å²) in [6.45, 7) is 16.0. The first-order chi connectivity index (χ1) is 32.0. The van der Waals surface area contributed by atoms with E-state index in [0.29, 0.717) is 0 Å². The van der Waals surface area contributed by atoms with Gasteiger partial charge in [0.2, 0.25) is 0 Å². The van der Waals surface area contributed by atoms with Crippen LogP contribution in [0.3, 0.4) is 0 Å². The second-order valence-electron chi connectivity index (χ2n) is 16.7. The fourth-order valence-electron chi connectivity index (χ4n) is 8.21. The van der Waals surface area contributed by atoms with E-state index in [1.807, 2.05) is 122 Å². The monoisotopic (exact) mass is 889 g/mol. The van der Waals surface area contributed by atoms with Gasteiger partial charge in [0.15, 0.2) is 11.6 Å². The molecule has 8 rings (SSSR count). The summed E-state index contributed by atoms with van der Waals surface area (Å²) in [7, 11) is 7.83. The zero-order chi connectivity index (χ0) is 46.7. The minimum Gasteiger partial charge on any atom is -0.483 e. The van der Waals surface area contributed by atoms with Gasteiger partial charge in [-0.2, -0.15) is 20.4 Å². The summed E-state index contributed by atoms with van der Waals surface area (Å²) in [5, 5.41) is 36.3. The molecule has 4 aromatic carbocycles. The molecule has 8 aromatic rings. The zero-order valence-corrected chi connectivity index (χ0v) is 40.1. The van der Waals surface area contributed by atoms with Crippen LogP contribution in [-0.4, -0.2) is 94.3 Å². The number of aromatic nitrogens is 8. The Morgan fingerprint density at radius 2 is 0.864 bits per heavy atom. The van der Waals surface area contributed by atoms with Gasteiger partial charge in [-0.1, -0.05) is 98.8 Å². The molecular weight excluding hydrogens is 825 g/mol. The highest BCUT2D eigenvalue weighted by Crippen LogP contribution is 2.36. The van der Waals surface area contributed by atoms with Gasteiger partial charge in [0.25, 0.3) is 0 Å². The van der Waals surface area contributed by atoms with E-state index in [1.54, 1.807) is 0 Å². The van der Waals surface area contributed by atoms with Crippen molar-refractivity contribution in [2.45, 2.75) is 66.6 Å². The molecule has 4 aromatic heterocycles. The summed E-state index contributed by atoms with van der Waals surface area (Å²) >= 11 is 0. The first-order valence-electron chi connectivity index (χ1n) is 22.9. The lowest BCUT2D eigenvalue weighted by molar-refractivity contribution is 0.193. The molecule has 0 unspecified atom stereocenters. The maximum Gasteiger partial charge on any atom is 0.179 e. The van der Waals surface area contributed by atoms with Crippen molar-refractivity contribution in [3.63, 3.8) is 0 Å². The summed E-state index contributed by atoms with van der Waals surface area (Å²) in [5.74, 6) is 3.10. The number of benzene rings is 4. The SMILES string of the molecule is CCNCC[C@@H](Oc1ccccc1-n1nc2c(N(C)C)nnc(C)c2c1C)c1ccccc1.CCNCC[C@H](Oc1ccccc1-n1nc2c(N(C)C)nnc(C)c2c1C)c1ccccc1. The largest absolute Gasteiger partial charge is 0.483 e. The molecule has 66 heavy (non-hydrogen) atoms. The molecule has 0 spiro atoms. The van der Waals surface area contributed by atoms with Gasteiger partial charge in [-0.3, -0.25) is 0 Å². The number of nitrogens with zero attached hydrogens (tertiary/aromatic N) is 10. The van der Waals surface area contributed by atoms with Gasteiger partial charge in [-0.25, -0.2) is 9.36 Å². The van der Waals surface area contributed by atoms with Crippen molar-refractivity contribution in [2.75, 3.05) is 64.2 Å². The topological polar surface area (TPSA) is 136 Å². The summed E-state index contributed by atoms with van der Waals surface area (Å²) < 4.78 is 17.2. The molecule has 14 heteroatoms. The van der Waals surface area contributed by atoms with E-state index in [0.717, 1.165) is 129 Å². The first kappa shape index (κ1) is 47.1. The minimum absolute atomic E-state index is 0.0703. The number of hydrogen-bond donors (Lipinski definition) is 2. The Morgan fingerprint density at radius 1 is 0.500 bits per heavy atom. The van der Waals surface area contributed by atoms with E-state index in [1.165, 1.54) is 0 Å². The van der Waals surface area contributed by atoms with Crippen LogP contribution in [0.5, 0.6) is 11.5 Å². The fourth-order valence-corrected chi connectivity index (χ4v) is 8.21. The Balaban J connectivity index is 0.000000196. The Morgan fingerprint density at radius 3 is 1.23 bits per heavy atom. The smallest absolute Gasteiger partial charge is 0.179 e. The van der Waals surface area contributed by atoms with Gasteiger partial charge in [0.05, 0.1) is 33.5 Å². The van der Waals surface area contributed by atoms with E-state index in [4.69, 9.17) is 19.7 Å². The Kier molecular flexibility index (Phi) is 15.6. The van der Waals surface area contributed by atoms with Crippen LogP contribution in [0.15, 0.2) is 109 Å². The minimum atomic E-state index is -0.0703. The van der Waals surface area contributed by atoms with Gasteiger partial charge in [-0.15, -0.1) is 10.2 Å². The van der Waals surface area contributed by atoms with Crippen LogP contribution in [0.1, 0.15) is 72.8 Å². The molecule has 0 fully saturated rings. The molecule has 344 valence electrons. The molecule has 14 nitrogen and oxygen atoms in total. The molecule has 0 saturated carbocycles. The highest BCUT2D eigenvalue weighted by molar-refractivity contribution is 5.93. The fraction of sp³-hybridized carbons (Fsp3) is 0.346. The zero-order valence-electron chi connectivity index (χ0n) is 40.1. The number of ether oxygens (including phenoxy) is 2. The van der Waals surface area contributed by atoms with E-state index >= 15 is 0 Å². The lowest BCUT2D eigenvalue weighted by Crippen LogP contribution is -2.20. The predicted molar refractivity (Wildman–Crippen MR) is 267 cm³/mol. The Labute approximate surface area is 389 Å². The quantitative estimate of drug-likeness (QED) is 0.0796. The van der Waals surface area contributed by atoms with Crippen molar-refractivity contribution in [1.82, 2.24) is 50.6 Å². The maximum atomic E-state index is 6.65. The highest BCUT2D eigenvalue weighted by Gasteiger charge is 2.23. The molecule has 0 amide bonds. The predicted octanol–water partition coefficient (Wildman–Crippen LogP) is 9.24. The van der Waals surface area contributed by atoms with Crippen LogP contribution in [0.4, 0.5) is 11.6 Å². The number of anilines is 2. The van der Waals surface area contributed by atoms with Crippen LogP contribution >= 0.6 is 0 Å². The lowest BCUT2D eigenvalue weighted by atomic mass is 10.1. The van der Waals surface area contributed by atoms with E-state index < -0.39 is 0 Å². The lowest BCUT2D eigenvalue weighted by Gasteiger charge is -2.22. The summed E-state index contributed by atoms with van der Waals surface area (Å²) in [4.78, 5) is 3.89. The normalized spacial score (nSPS) is 12.2. The molecule has 0 saturated heterocycles. The molecule has 2 atom stereocenters. The van der Waals surface area contributed by atoms with Gasteiger partial charge in [0.1, 0.15) is 46.1 Å². The number of para-hydroxylation sites is 4. The molecule has 0 aliphatic heterocycles. The third kappa shape index (κ3) is 10.5. The summed E-state index contributed by atoms with van der Waals surface area (Å²) in [6.07, 6.45) is 1.59. The molecular formula is C52H64N12O2. The number of hydrogen-bond acceptors (Lipinski definition) is 12. The van der Waals surface area contributed by atoms with Crippen LogP contribution in [0, 0.1) is 27.7 Å². The average molecular weight is 889 g/mol. The van der Waals surface area contributed by atoms with Crippen LogP contribution in [0.2, 0.25) is 0 Å². The third-order valence-electron chi connectivity index (χ3n) is 11.6. The number of aryl methyl sites for hydroxylation is 4. The van der Waals surface area contributed by atoms with Crippen LogP contribution in [-0.2, 0) is 0 Å². The molecule has 0 radical (unpaired) electrons. The molecule has 0 bridgehead atoms. The van der Waals surface area contributed by atoms with E-state index in [9.17, 15) is 0 Å². The van der Waals surface area contributed by atoms with Gasteiger partial charge in [-0.05, 0) is 89.3 Å². The van der Waals surface area contributed by atoms with Crippen LogP contribution < -0.4 is 29.9 Å². The summed E-state index contributed by atoms with van der Waals surface area (Å²) in [6, 6.07) is 36.9. The first-order valence-corrected chi connectivity index (χ1v) is 22.9. The number of rotatable bonds is 18. The van der Waals surface area contributed by atoms with E-state index in [2.05, 4.69) is 107 Å². The van der Waals surface area contributed by atoms with Gasteiger partial charge in [0, 0.05) is 41.0 Å². The molecule has 0 aliphatic carbocycles.